The molecule has 1 aromatic heterocycles. The summed E-state index contributed by atoms with van der Waals surface area (Å²) in [6.07, 6.45) is 2.28. The Labute approximate surface area is 201 Å². The van der Waals surface area contributed by atoms with Gasteiger partial charge in [0.15, 0.2) is 9.84 Å². The number of aromatic nitrogens is 1. The molecule has 180 valence electrons. The highest BCUT2D eigenvalue weighted by Crippen LogP contribution is 2.25. The number of amides is 1. The minimum absolute atomic E-state index is 0.108. The van der Waals surface area contributed by atoms with Gasteiger partial charge in [-0.2, -0.15) is 0 Å². The zero-order valence-corrected chi connectivity index (χ0v) is 20.7. The predicted octanol–water partition coefficient (Wildman–Crippen LogP) is 4.15. The molecule has 8 heteroatoms. The van der Waals surface area contributed by atoms with E-state index < -0.39 is 9.84 Å². The summed E-state index contributed by atoms with van der Waals surface area (Å²) in [4.78, 5) is 19.7. The van der Waals surface area contributed by atoms with Crippen LogP contribution in [-0.2, 0) is 15.6 Å². The third-order valence-electron chi connectivity index (χ3n) is 6.40. The molecule has 1 amide bonds. The van der Waals surface area contributed by atoms with Crippen LogP contribution in [0.5, 0.6) is 0 Å². The first-order valence-corrected chi connectivity index (χ1v) is 13.3. The van der Waals surface area contributed by atoms with Crippen molar-refractivity contribution in [2.24, 2.45) is 0 Å². The maximum Gasteiger partial charge on any atom is 0.251 e. The Balaban J connectivity index is 1.42. The van der Waals surface area contributed by atoms with E-state index in [1.165, 1.54) is 6.42 Å². The van der Waals surface area contributed by atoms with Crippen LogP contribution in [0.4, 0.5) is 0 Å². The zero-order valence-electron chi connectivity index (χ0n) is 19.9. The Kier molecular flexibility index (Phi) is 7.19. The van der Waals surface area contributed by atoms with Crippen molar-refractivity contribution in [1.82, 2.24) is 15.2 Å². The fourth-order valence-electron chi connectivity index (χ4n) is 4.31. The number of nitrogens with zero attached hydrogens (tertiary/aromatic N) is 2. The number of aryl methyl sites for hydroxylation is 2. The predicted molar refractivity (Wildman–Crippen MR) is 131 cm³/mol. The lowest BCUT2D eigenvalue weighted by Gasteiger charge is -2.22. The Bertz CT molecular complexity index is 1250. The van der Waals surface area contributed by atoms with E-state index in [1.807, 2.05) is 6.92 Å². The van der Waals surface area contributed by atoms with E-state index >= 15 is 0 Å². The summed E-state index contributed by atoms with van der Waals surface area (Å²) < 4.78 is 31.4. The number of hydrogen-bond acceptors (Lipinski definition) is 6. The molecule has 1 unspecified atom stereocenters. The van der Waals surface area contributed by atoms with Crippen molar-refractivity contribution in [1.29, 1.82) is 0 Å². The summed E-state index contributed by atoms with van der Waals surface area (Å²) in [5, 5.41) is 3.04. The SMILES string of the molecule is CCN1CCCC1CNC(=O)c1ccc(-c2nc(CS(=O)(=O)c3ccc(C)cc3)c(C)o2)cc1. The van der Waals surface area contributed by atoms with Crippen LogP contribution in [0.15, 0.2) is 57.8 Å². The second-order valence-corrected chi connectivity index (χ2v) is 10.8. The molecule has 1 aliphatic rings. The molecule has 0 spiro atoms. The van der Waals surface area contributed by atoms with Crippen LogP contribution in [-0.4, -0.2) is 49.9 Å². The van der Waals surface area contributed by atoms with E-state index in [0.29, 0.717) is 41.1 Å². The highest BCUT2D eigenvalue weighted by Gasteiger charge is 2.24. The van der Waals surface area contributed by atoms with E-state index in [2.05, 4.69) is 22.1 Å². The Morgan fingerprint density at radius 2 is 1.82 bits per heavy atom. The van der Waals surface area contributed by atoms with Crippen molar-refractivity contribution in [3.63, 3.8) is 0 Å². The van der Waals surface area contributed by atoms with Gasteiger partial charge in [0, 0.05) is 23.7 Å². The van der Waals surface area contributed by atoms with Crippen LogP contribution in [0.25, 0.3) is 11.5 Å². The standard InChI is InChI=1S/C26H31N3O4S/c1-4-29-15-5-6-22(29)16-27-25(30)20-9-11-21(12-10-20)26-28-24(19(3)33-26)17-34(31,32)23-13-7-18(2)8-14-23/h7-14,22H,4-6,15-17H2,1-3H3,(H,27,30). The minimum atomic E-state index is -3.54. The van der Waals surface area contributed by atoms with Crippen molar-refractivity contribution >= 4 is 15.7 Å². The summed E-state index contributed by atoms with van der Waals surface area (Å²) >= 11 is 0. The van der Waals surface area contributed by atoms with E-state index in [-0.39, 0.29) is 16.6 Å². The van der Waals surface area contributed by atoms with E-state index in [4.69, 9.17) is 4.42 Å². The highest BCUT2D eigenvalue weighted by atomic mass is 32.2. The van der Waals surface area contributed by atoms with Gasteiger partial charge < -0.3 is 9.73 Å². The van der Waals surface area contributed by atoms with Gasteiger partial charge in [-0.15, -0.1) is 0 Å². The molecule has 1 aliphatic heterocycles. The third-order valence-corrected chi connectivity index (χ3v) is 8.04. The van der Waals surface area contributed by atoms with Crippen molar-refractivity contribution < 1.29 is 17.6 Å². The van der Waals surface area contributed by atoms with Crippen molar-refractivity contribution in [2.45, 2.75) is 50.3 Å². The van der Waals surface area contributed by atoms with Crippen LogP contribution >= 0.6 is 0 Å². The molecule has 1 atom stereocenters. The van der Waals surface area contributed by atoms with Crippen LogP contribution in [0, 0.1) is 13.8 Å². The van der Waals surface area contributed by atoms with Crippen molar-refractivity contribution in [2.75, 3.05) is 19.6 Å². The average molecular weight is 482 g/mol. The van der Waals surface area contributed by atoms with Crippen LogP contribution < -0.4 is 5.32 Å². The number of benzene rings is 2. The van der Waals surface area contributed by atoms with Gasteiger partial charge in [0.1, 0.15) is 11.5 Å². The first kappa shape index (κ1) is 24.2. The van der Waals surface area contributed by atoms with Gasteiger partial charge in [-0.05, 0) is 76.2 Å². The highest BCUT2D eigenvalue weighted by molar-refractivity contribution is 7.90. The lowest BCUT2D eigenvalue weighted by molar-refractivity contribution is 0.0941. The molecule has 0 saturated carbocycles. The van der Waals surface area contributed by atoms with Gasteiger partial charge in [0.2, 0.25) is 5.89 Å². The molecule has 1 fully saturated rings. The Morgan fingerprint density at radius 3 is 2.50 bits per heavy atom. The molecular formula is C26H31N3O4S. The molecule has 34 heavy (non-hydrogen) atoms. The lowest BCUT2D eigenvalue weighted by atomic mass is 10.1. The maximum absolute atomic E-state index is 12.8. The summed E-state index contributed by atoms with van der Waals surface area (Å²) in [6.45, 7) is 8.50. The minimum Gasteiger partial charge on any atom is -0.441 e. The molecule has 0 radical (unpaired) electrons. The van der Waals surface area contributed by atoms with E-state index in [0.717, 1.165) is 25.1 Å². The van der Waals surface area contributed by atoms with E-state index in [9.17, 15) is 13.2 Å². The molecule has 7 nitrogen and oxygen atoms in total. The Hall–Kier alpha value is -2.97. The number of carbonyl (C=O) groups excluding carboxylic acids is 1. The first-order chi connectivity index (χ1) is 16.3. The number of likely N-dealkylation sites (N-methyl/N-ethyl adjacent to an activating group) is 1. The van der Waals surface area contributed by atoms with Crippen LogP contribution in [0.2, 0.25) is 0 Å². The van der Waals surface area contributed by atoms with Crippen molar-refractivity contribution in [3.8, 4) is 11.5 Å². The molecule has 2 heterocycles. The number of oxazole rings is 1. The van der Waals surface area contributed by atoms with Gasteiger partial charge in [-0.1, -0.05) is 24.6 Å². The van der Waals surface area contributed by atoms with Gasteiger partial charge >= 0.3 is 0 Å². The second kappa shape index (κ2) is 10.1. The average Bonchev–Trinajstić information content (AvgIpc) is 3.43. The van der Waals surface area contributed by atoms with Gasteiger partial charge in [0.25, 0.3) is 5.91 Å². The molecular weight excluding hydrogens is 450 g/mol. The Morgan fingerprint density at radius 1 is 1.12 bits per heavy atom. The number of rotatable bonds is 8. The van der Waals surface area contributed by atoms with Crippen LogP contribution in [0.1, 0.15) is 47.1 Å². The van der Waals surface area contributed by atoms with Crippen molar-refractivity contribution in [3.05, 3.63) is 71.1 Å². The number of hydrogen-bond donors (Lipinski definition) is 1. The summed E-state index contributed by atoms with van der Waals surface area (Å²) in [7, 11) is -3.54. The maximum atomic E-state index is 12.8. The fourth-order valence-corrected chi connectivity index (χ4v) is 5.66. The smallest absolute Gasteiger partial charge is 0.251 e. The molecule has 0 bridgehead atoms. The van der Waals surface area contributed by atoms with Crippen LogP contribution in [0.3, 0.4) is 0 Å². The number of carbonyl (C=O) groups is 1. The summed E-state index contributed by atoms with van der Waals surface area (Å²) in [6, 6.07) is 14.2. The normalized spacial score (nSPS) is 16.6. The lowest BCUT2D eigenvalue weighted by Crippen LogP contribution is -2.40. The monoisotopic (exact) mass is 481 g/mol. The van der Waals surface area contributed by atoms with Gasteiger partial charge in [0.05, 0.1) is 10.6 Å². The number of nitrogens with one attached hydrogen (secondary N) is 1. The largest absolute Gasteiger partial charge is 0.441 e. The molecule has 1 saturated heterocycles. The number of sulfone groups is 1. The molecule has 4 rings (SSSR count). The van der Waals surface area contributed by atoms with Gasteiger partial charge in [-0.25, -0.2) is 13.4 Å². The first-order valence-electron chi connectivity index (χ1n) is 11.6. The van der Waals surface area contributed by atoms with Gasteiger partial charge in [-0.3, -0.25) is 9.69 Å². The summed E-state index contributed by atoms with van der Waals surface area (Å²) in [5.74, 6) is 0.456. The molecule has 1 N–H and O–H groups in total. The molecule has 3 aromatic rings. The topological polar surface area (TPSA) is 92.5 Å². The molecule has 0 aliphatic carbocycles. The summed E-state index contributed by atoms with van der Waals surface area (Å²) in [5.41, 5.74) is 2.63. The molecule has 2 aromatic carbocycles. The number of likely N-dealkylation sites (tertiary alicyclic amines) is 1. The quantitative estimate of drug-likeness (QED) is 0.520. The van der Waals surface area contributed by atoms with E-state index in [1.54, 1.807) is 55.5 Å². The fraction of sp³-hybridized carbons (Fsp3) is 0.385. The zero-order chi connectivity index (χ0) is 24.3. The second-order valence-electron chi connectivity index (χ2n) is 8.81. The third kappa shape index (κ3) is 5.39.